The Bertz CT molecular complexity index is 658. The Morgan fingerprint density at radius 3 is 1.96 bits per heavy atom. The minimum Gasteiger partial charge on any atom is -0.444 e. The van der Waals surface area contributed by atoms with Gasteiger partial charge in [0.2, 0.25) is 0 Å². The van der Waals surface area contributed by atoms with Crippen LogP contribution >= 0.6 is 0 Å². The zero-order valence-corrected chi connectivity index (χ0v) is 14.0. The van der Waals surface area contributed by atoms with E-state index in [0.29, 0.717) is 5.69 Å². The maximum absolute atomic E-state index is 11.7. The van der Waals surface area contributed by atoms with Crippen molar-refractivity contribution < 1.29 is 9.53 Å². The maximum atomic E-state index is 11.7. The molecule has 1 amide bonds. The van der Waals surface area contributed by atoms with Crippen LogP contribution in [-0.4, -0.2) is 18.7 Å². The summed E-state index contributed by atoms with van der Waals surface area (Å²) in [6, 6.07) is 15.2. The van der Waals surface area contributed by atoms with Crippen LogP contribution in [0.3, 0.4) is 0 Å². The molecule has 2 rings (SSSR count). The largest absolute Gasteiger partial charge is 0.444 e. The predicted octanol–water partition coefficient (Wildman–Crippen LogP) is 4.38. The number of anilines is 4. The second kappa shape index (κ2) is 6.60. The minimum absolute atomic E-state index is 0.461. The Morgan fingerprint density at radius 2 is 1.48 bits per heavy atom. The first kappa shape index (κ1) is 16.7. The molecule has 0 aliphatic rings. The summed E-state index contributed by atoms with van der Waals surface area (Å²) in [5, 5.41) is 2.72. The van der Waals surface area contributed by atoms with Crippen LogP contribution in [0.4, 0.5) is 27.5 Å². The molecule has 5 nitrogen and oxygen atoms in total. The number of ether oxygens (including phenoxy) is 1. The summed E-state index contributed by atoms with van der Waals surface area (Å²) in [4.78, 5) is 13.8. The van der Waals surface area contributed by atoms with E-state index in [1.165, 1.54) is 0 Å². The van der Waals surface area contributed by atoms with E-state index >= 15 is 0 Å². The van der Waals surface area contributed by atoms with Crippen LogP contribution in [0.1, 0.15) is 20.8 Å². The van der Waals surface area contributed by atoms with Gasteiger partial charge in [-0.2, -0.15) is 0 Å². The molecule has 5 heteroatoms. The summed E-state index contributed by atoms with van der Waals surface area (Å²) in [6.07, 6.45) is -0.461. The Balaban J connectivity index is 2.04. The van der Waals surface area contributed by atoms with Crippen molar-refractivity contribution in [1.29, 1.82) is 0 Å². The van der Waals surface area contributed by atoms with Gasteiger partial charge in [-0.3, -0.25) is 5.32 Å². The van der Waals surface area contributed by atoms with Gasteiger partial charge in [-0.25, -0.2) is 4.79 Å². The van der Waals surface area contributed by atoms with E-state index in [1.807, 2.05) is 81.2 Å². The summed E-state index contributed by atoms with van der Waals surface area (Å²) in [5.41, 5.74) is 8.65. The molecule has 0 bridgehead atoms. The Morgan fingerprint density at radius 1 is 1.00 bits per heavy atom. The number of carbonyl (C=O) groups excluding carboxylic acids is 1. The number of hydrogen-bond acceptors (Lipinski definition) is 4. The molecular weight excluding hydrogens is 290 g/mol. The third kappa shape index (κ3) is 4.92. The molecule has 0 radical (unpaired) electrons. The molecule has 0 unspecified atom stereocenters. The monoisotopic (exact) mass is 313 g/mol. The standard InChI is InChI=1S/C18H23N3O2/c1-18(2,3)23-17(22)20-14-7-11-16(12-8-14)21(4)15-9-5-13(19)6-10-15/h5-12H,19H2,1-4H3,(H,20,22). The van der Waals surface area contributed by atoms with Crippen molar-refractivity contribution in [3.05, 3.63) is 48.5 Å². The number of nitrogens with one attached hydrogen (secondary N) is 1. The van der Waals surface area contributed by atoms with Gasteiger partial charge >= 0.3 is 6.09 Å². The van der Waals surface area contributed by atoms with Crippen LogP contribution in [-0.2, 0) is 4.74 Å². The zero-order chi connectivity index (χ0) is 17.0. The van der Waals surface area contributed by atoms with Gasteiger partial charge in [-0.15, -0.1) is 0 Å². The quantitative estimate of drug-likeness (QED) is 0.825. The summed E-state index contributed by atoms with van der Waals surface area (Å²) in [6.45, 7) is 5.49. The van der Waals surface area contributed by atoms with Gasteiger partial charge in [0.15, 0.2) is 0 Å². The number of nitrogens with two attached hydrogens (primary N) is 1. The fraction of sp³-hybridized carbons (Fsp3) is 0.278. The van der Waals surface area contributed by atoms with Crippen LogP contribution in [0.5, 0.6) is 0 Å². The van der Waals surface area contributed by atoms with Gasteiger partial charge in [0.05, 0.1) is 0 Å². The van der Waals surface area contributed by atoms with Gasteiger partial charge in [-0.1, -0.05) is 0 Å². The number of nitrogens with zero attached hydrogens (tertiary/aromatic N) is 1. The summed E-state index contributed by atoms with van der Waals surface area (Å²) < 4.78 is 5.23. The first-order chi connectivity index (χ1) is 10.7. The van der Waals surface area contributed by atoms with Crippen molar-refractivity contribution in [1.82, 2.24) is 0 Å². The van der Waals surface area contributed by atoms with Crippen LogP contribution in [0.15, 0.2) is 48.5 Å². The highest BCUT2D eigenvalue weighted by Crippen LogP contribution is 2.25. The van der Waals surface area contributed by atoms with E-state index in [2.05, 4.69) is 5.32 Å². The van der Waals surface area contributed by atoms with E-state index in [1.54, 1.807) is 0 Å². The average molecular weight is 313 g/mol. The van der Waals surface area contributed by atoms with E-state index in [0.717, 1.165) is 17.1 Å². The second-order valence-electron chi connectivity index (χ2n) is 6.32. The Kier molecular flexibility index (Phi) is 4.79. The third-order valence-corrected chi connectivity index (χ3v) is 3.18. The predicted molar refractivity (Wildman–Crippen MR) is 95.2 cm³/mol. The molecule has 0 aliphatic heterocycles. The second-order valence-corrected chi connectivity index (χ2v) is 6.32. The smallest absolute Gasteiger partial charge is 0.412 e. The van der Waals surface area contributed by atoms with Crippen molar-refractivity contribution in [2.75, 3.05) is 23.0 Å². The van der Waals surface area contributed by atoms with Gasteiger partial charge in [0.1, 0.15) is 5.60 Å². The fourth-order valence-electron chi connectivity index (χ4n) is 2.04. The highest BCUT2D eigenvalue weighted by Gasteiger charge is 2.16. The molecule has 0 atom stereocenters. The SMILES string of the molecule is CN(c1ccc(N)cc1)c1ccc(NC(=O)OC(C)(C)C)cc1. The van der Waals surface area contributed by atoms with Crippen LogP contribution in [0, 0.1) is 0 Å². The van der Waals surface area contributed by atoms with E-state index in [-0.39, 0.29) is 0 Å². The van der Waals surface area contributed by atoms with Crippen LogP contribution < -0.4 is 16.0 Å². The van der Waals surface area contributed by atoms with E-state index in [9.17, 15) is 4.79 Å². The highest BCUT2D eigenvalue weighted by molar-refractivity contribution is 5.85. The van der Waals surface area contributed by atoms with Gasteiger partial charge in [-0.05, 0) is 69.3 Å². The number of amides is 1. The molecule has 3 N–H and O–H groups in total. The minimum atomic E-state index is -0.514. The average Bonchev–Trinajstić information content (AvgIpc) is 2.46. The van der Waals surface area contributed by atoms with Crippen molar-refractivity contribution in [3.63, 3.8) is 0 Å². The first-order valence-electron chi connectivity index (χ1n) is 7.44. The molecule has 0 spiro atoms. The normalized spacial score (nSPS) is 11.0. The summed E-state index contributed by atoms with van der Waals surface area (Å²) in [7, 11) is 1.97. The van der Waals surface area contributed by atoms with Gasteiger partial charge in [0.25, 0.3) is 0 Å². The molecule has 122 valence electrons. The number of hydrogen-bond donors (Lipinski definition) is 2. The van der Waals surface area contributed by atoms with Crippen molar-refractivity contribution >= 4 is 28.8 Å². The molecule has 0 aromatic heterocycles. The molecule has 23 heavy (non-hydrogen) atoms. The molecule has 0 saturated heterocycles. The Labute approximate surface area is 137 Å². The summed E-state index contributed by atoms with van der Waals surface area (Å²) >= 11 is 0. The van der Waals surface area contributed by atoms with E-state index < -0.39 is 11.7 Å². The van der Waals surface area contributed by atoms with Crippen molar-refractivity contribution in [2.45, 2.75) is 26.4 Å². The molecule has 0 saturated carbocycles. The maximum Gasteiger partial charge on any atom is 0.412 e. The highest BCUT2D eigenvalue weighted by atomic mass is 16.6. The molecular formula is C18H23N3O2. The summed E-state index contributed by atoms with van der Waals surface area (Å²) in [5.74, 6) is 0. The lowest BCUT2D eigenvalue weighted by atomic mass is 10.2. The van der Waals surface area contributed by atoms with Crippen LogP contribution in [0.25, 0.3) is 0 Å². The van der Waals surface area contributed by atoms with E-state index in [4.69, 9.17) is 10.5 Å². The molecule has 0 heterocycles. The lowest BCUT2D eigenvalue weighted by Gasteiger charge is -2.21. The molecule has 2 aromatic carbocycles. The zero-order valence-electron chi connectivity index (χ0n) is 14.0. The number of rotatable bonds is 3. The van der Waals surface area contributed by atoms with Crippen LogP contribution in [0.2, 0.25) is 0 Å². The number of carbonyl (C=O) groups is 1. The lowest BCUT2D eigenvalue weighted by molar-refractivity contribution is 0.0636. The van der Waals surface area contributed by atoms with Crippen molar-refractivity contribution in [2.24, 2.45) is 0 Å². The van der Waals surface area contributed by atoms with Gasteiger partial charge in [0, 0.05) is 29.8 Å². The van der Waals surface area contributed by atoms with Gasteiger partial charge < -0.3 is 15.4 Å². The van der Waals surface area contributed by atoms with Crippen molar-refractivity contribution in [3.8, 4) is 0 Å². The number of benzene rings is 2. The third-order valence-electron chi connectivity index (χ3n) is 3.18. The Hall–Kier alpha value is -2.69. The topological polar surface area (TPSA) is 67.6 Å². The lowest BCUT2D eigenvalue weighted by Crippen LogP contribution is -2.27. The molecule has 0 aliphatic carbocycles. The fourth-order valence-corrected chi connectivity index (χ4v) is 2.04. The molecule has 0 fully saturated rings. The first-order valence-corrected chi connectivity index (χ1v) is 7.44. The number of nitrogen functional groups attached to an aromatic ring is 1. The molecule has 2 aromatic rings.